The van der Waals surface area contributed by atoms with Gasteiger partial charge in [0.15, 0.2) is 5.11 Å². The maximum absolute atomic E-state index is 11.3. The topological polar surface area (TPSA) is 89.4 Å². The largest absolute Gasteiger partial charge is 0.467 e. The van der Waals surface area contributed by atoms with Crippen LogP contribution >= 0.6 is 12.2 Å². The number of nitro groups is 1. The molecule has 1 aromatic carbocycles. The summed E-state index contributed by atoms with van der Waals surface area (Å²) in [6, 6.07) is 19.6. The minimum absolute atomic E-state index is 0.0379. The van der Waals surface area contributed by atoms with Gasteiger partial charge in [-0.25, -0.2) is 0 Å². The lowest BCUT2D eigenvalue weighted by Crippen LogP contribution is -2.29. The first-order chi connectivity index (χ1) is 15.6. The van der Waals surface area contributed by atoms with Crippen LogP contribution < -0.4 is 5.32 Å². The second kappa shape index (κ2) is 8.27. The van der Waals surface area contributed by atoms with E-state index in [0.717, 1.165) is 17.1 Å². The molecular formula is C23H19N5O3S. The zero-order valence-electron chi connectivity index (χ0n) is 16.9. The molecule has 5 rings (SSSR count). The molecule has 8 nitrogen and oxygen atoms in total. The minimum atomic E-state index is -0.390. The third-order valence-corrected chi connectivity index (χ3v) is 5.86. The summed E-state index contributed by atoms with van der Waals surface area (Å²) in [4.78, 5) is 17.5. The Morgan fingerprint density at radius 1 is 1.12 bits per heavy atom. The summed E-state index contributed by atoms with van der Waals surface area (Å²) in [6.07, 6.45) is 5.29. The van der Waals surface area contributed by atoms with E-state index in [2.05, 4.69) is 15.2 Å². The number of thiocarbonyl (C=S) groups is 1. The van der Waals surface area contributed by atoms with Crippen molar-refractivity contribution in [2.75, 3.05) is 0 Å². The number of non-ortho nitro benzene ring substituents is 1. The molecule has 0 spiro atoms. The average Bonchev–Trinajstić information content (AvgIpc) is 3.56. The lowest BCUT2D eigenvalue weighted by molar-refractivity contribution is -0.384. The van der Waals surface area contributed by atoms with Crippen LogP contribution in [0.1, 0.15) is 29.2 Å². The van der Waals surface area contributed by atoms with Crippen LogP contribution in [0.2, 0.25) is 0 Å². The highest BCUT2D eigenvalue weighted by Gasteiger charge is 2.41. The fourth-order valence-electron chi connectivity index (χ4n) is 4.09. The Morgan fingerprint density at radius 3 is 2.78 bits per heavy atom. The van der Waals surface area contributed by atoms with Gasteiger partial charge in [0.2, 0.25) is 0 Å². The molecule has 0 unspecified atom stereocenters. The van der Waals surface area contributed by atoms with Crippen LogP contribution in [0.25, 0.3) is 5.69 Å². The fourth-order valence-corrected chi connectivity index (χ4v) is 4.40. The van der Waals surface area contributed by atoms with Crippen LogP contribution in [0.4, 0.5) is 5.69 Å². The minimum Gasteiger partial charge on any atom is -0.467 e. The van der Waals surface area contributed by atoms with Gasteiger partial charge in [-0.1, -0.05) is 12.1 Å². The van der Waals surface area contributed by atoms with E-state index in [1.165, 1.54) is 6.07 Å². The van der Waals surface area contributed by atoms with Gasteiger partial charge in [0.1, 0.15) is 5.76 Å². The van der Waals surface area contributed by atoms with Gasteiger partial charge in [-0.3, -0.25) is 15.1 Å². The number of aromatic nitrogens is 2. The molecule has 1 aliphatic rings. The maximum Gasteiger partial charge on any atom is 0.271 e. The Morgan fingerprint density at radius 2 is 2.03 bits per heavy atom. The van der Waals surface area contributed by atoms with Crippen LogP contribution in [-0.2, 0) is 6.54 Å². The first-order valence-corrected chi connectivity index (χ1v) is 10.4. The van der Waals surface area contributed by atoms with Crippen molar-refractivity contribution in [1.82, 2.24) is 19.8 Å². The molecule has 4 heterocycles. The molecule has 1 fully saturated rings. The number of pyridine rings is 1. The Bertz CT molecular complexity index is 1260. The Labute approximate surface area is 189 Å². The molecule has 1 saturated heterocycles. The number of rotatable bonds is 6. The molecule has 3 aromatic heterocycles. The van der Waals surface area contributed by atoms with Gasteiger partial charge in [0.25, 0.3) is 5.69 Å². The molecule has 0 amide bonds. The van der Waals surface area contributed by atoms with Gasteiger partial charge in [-0.05, 0) is 54.7 Å². The van der Waals surface area contributed by atoms with E-state index in [0.29, 0.717) is 17.3 Å². The number of hydrogen-bond donors (Lipinski definition) is 1. The summed E-state index contributed by atoms with van der Waals surface area (Å²) in [5, 5.41) is 15.3. The lowest BCUT2D eigenvalue weighted by atomic mass is 10.0. The summed E-state index contributed by atoms with van der Waals surface area (Å²) in [5.74, 6) is 0.786. The highest BCUT2D eigenvalue weighted by molar-refractivity contribution is 7.80. The molecule has 0 bridgehead atoms. The van der Waals surface area contributed by atoms with Crippen molar-refractivity contribution in [1.29, 1.82) is 0 Å². The van der Waals surface area contributed by atoms with Gasteiger partial charge in [0.05, 0.1) is 41.2 Å². The Kier molecular flexibility index (Phi) is 5.16. The first-order valence-electron chi connectivity index (χ1n) is 10.0. The van der Waals surface area contributed by atoms with Gasteiger partial charge < -0.3 is 19.2 Å². The van der Waals surface area contributed by atoms with Crippen molar-refractivity contribution in [3.63, 3.8) is 0 Å². The maximum atomic E-state index is 11.3. The monoisotopic (exact) mass is 445 g/mol. The molecule has 32 heavy (non-hydrogen) atoms. The number of nitrogens with one attached hydrogen (secondary N) is 1. The van der Waals surface area contributed by atoms with Crippen molar-refractivity contribution in [3.05, 3.63) is 113 Å². The van der Waals surface area contributed by atoms with E-state index in [9.17, 15) is 10.1 Å². The lowest BCUT2D eigenvalue weighted by Gasteiger charge is -2.28. The molecule has 2 atom stereocenters. The van der Waals surface area contributed by atoms with Crippen molar-refractivity contribution in [2.45, 2.75) is 18.6 Å². The van der Waals surface area contributed by atoms with Crippen LogP contribution in [0.15, 0.2) is 89.8 Å². The number of furan rings is 1. The fraction of sp³-hybridized carbons (Fsp3) is 0.130. The van der Waals surface area contributed by atoms with E-state index in [1.807, 2.05) is 59.3 Å². The van der Waals surface area contributed by atoms with Gasteiger partial charge in [-0.2, -0.15) is 0 Å². The number of nitrogens with zero attached hydrogens (tertiary/aromatic N) is 4. The summed E-state index contributed by atoms with van der Waals surface area (Å²) in [5.41, 5.74) is 2.53. The summed E-state index contributed by atoms with van der Waals surface area (Å²) >= 11 is 5.70. The van der Waals surface area contributed by atoms with E-state index < -0.39 is 4.92 Å². The number of nitro benzene ring substituents is 1. The molecule has 0 radical (unpaired) electrons. The molecule has 1 aliphatic heterocycles. The molecule has 4 aromatic rings. The Balaban J connectivity index is 1.61. The third kappa shape index (κ3) is 3.63. The third-order valence-electron chi connectivity index (χ3n) is 5.51. The standard InChI is InChI=1S/C23H19N5O3S/c29-28(30)17-7-3-6-16(14-17)26-12-4-10-20(26)22-21(19-9-1-2-11-24-19)25-23(32)27(22)15-18-8-5-13-31-18/h1-14,21-22H,15H2,(H,25,32)/t21-,22-/m1/s1. The van der Waals surface area contributed by atoms with Gasteiger partial charge >= 0.3 is 0 Å². The summed E-state index contributed by atoms with van der Waals surface area (Å²) < 4.78 is 7.54. The van der Waals surface area contributed by atoms with Crippen molar-refractivity contribution >= 4 is 23.0 Å². The predicted octanol–water partition coefficient (Wildman–Crippen LogP) is 4.55. The highest BCUT2D eigenvalue weighted by atomic mass is 32.1. The smallest absolute Gasteiger partial charge is 0.271 e. The molecular weight excluding hydrogens is 426 g/mol. The normalized spacial score (nSPS) is 18.0. The van der Waals surface area contributed by atoms with E-state index in [4.69, 9.17) is 16.6 Å². The average molecular weight is 446 g/mol. The number of benzene rings is 1. The van der Waals surface area contributed by atoms with Crippen LogP contribution in [-0.4, -0.2) is 24.5 Å². The van der Waals surface area contributed by atoms with Crippen molar-refractivity contribution in [3.8, 4) is 5.69 Å². The quantitative estimate of drug-likeness (QED) is 0.265. The van der Waals surface area contributed by atoms with Gasteiger partial charge in [-0.15, -0.1) is 0 Å². The predicted molar refractivity (Wildman–Crippen MR) is 122 cm³/mol. The zero-order valence-corrected chi connectivity index (χ0v) is 17.7. The second-order valence-electron chi connectivity index (χ2n) is 7.41. The number of hydrogen-bond acceptors (Lipinski definition) is 5. The van der Waals surface area contributed by atoms with Crippen molar-refractivity contribution < 1.29 is 9.34 Å². The first kappa shape index (κ1) is 20.0. The summed E-state index contributed by atoms with van der Waals surface area (Å²) in [6.45, 7) is 0.479. The van der Waals surface area contributed by atoms with E-state index in [1.54, 1.807) is 24.6 Å². The van der Waals surface area contributed by atoms with Crippen LogP contribution in [0, 0.1) is 10.1 Å². The highest BCUT2D eigenvalue weighted by Crippen LogP contribution is 2.40. The molecule has 1 N–H and O–H groups in total. The van der Waals surface area contributed by atoms with E-state index >= 15 is 0 Å². The SMILES string of the molecule is O=[N+]([O-])c1cccc(-n2cccc2[C@@H]2[C@@H](c3ccccn3)NC(=S)N2Cc2ccco2)c1. The molecule has 0 aliphatic carbocycles. The zero-order chi connectivity index (χ0) is 22.1. The molecule has 9 heteroatoms. The molecule has 160 valence electrons. The Hall–Kier alpha value is -3.98. The summed E-state index contributed by atoms with van der Waals surface area (Å²) in [7, 11) is 0. The second-order valence-corrected chi connectivity index (χ2v) is 7.80. The molecule has 0 saturated carbocycles. The van der Waals surface area contributed by atoms with Crippen LogP contribution in [0.3, 0.4) is 0 Å². The van der Waals surface area contributed by atoms with Crippen molar-refractivity contribution in [2.24, 2.45) is 0 Å². The van der Waals surface area contributed by atoms with Gasteiger partial charge in [0, 0.05) is 30.2 Å². The van der Waals surface area contributed by atoms with E-state index in [-0.39, 0.29) is 17.8 Å². The van der Waals surface area contributed by atoms with Crippen LogP contribution in [0.5, 0.6) is 0 Å².